The molecule has 0 spiro atoms. The molecule has 19 heavy (non-hydrogen) atoms. The van der Waals surface area contributed by atoms with Gasteiger partial charge in [0.1, 0.15) is 11.5 Å². The Hall–Kier alpha value is -1.72. The van der Waals surface area contributed by atoms with Gasteiger partial charge in [0.2, 0.25) is 0 Å². The summed E-state index contributed by atoms with van der Waals surface area (Å²) in [7, 11) is 0. The summed E-state index contributed by atoms with van der Waals surface area (Å²) >= 11 is 0. The second-order valence-electron chi connectivity index (χ2n) is 5.76. The number of hydrogen-bond acceptors (Lipinski definition) is 4. The summed E-state index contributed by atoms with van der Waals surface area (Å²) in [6.07, 6.45) is 0. The maximum atomic E-state index is 11.8. The van der Waals surface area contributed by atoms with E-state index in [0.717, 1.165) is 0 Å². The molecule has 6 heteroatoms. The Kier molecular flexibility index (Phi) is 4.44. The Bertz CT molecular complexity index is 555. The second-order valence-corrected chi connectivity index (χ2v) is 5.76. The van der Waals surface area contributed by atoms with E-state index < -0.39 is 11.2 Å². The number of aromatic amines is 1. The van der Waals surface area contributed by atoms with E-state index in [1.54, 1.807) is 6.92 Å². The Morgan fingerprint density at radius 1 is 1.37 bits per heavy atom. The minimum absolute atomic E-state index is 0.0199. The van der Waals surface area contributed by atoms with Crippen molar-refractivity contribution in [3.63, 3.8) is 0 Å². The molecule has 0 saturated carbocycles. The van der Waals surface area contributed by atoms with E-state index in [0.29, 0.717) is 19.0 Å². The zero-order valence-corrected chi connectivity index (χ0v) is 12.3. The van der Waals surface area contributed by atoms with Gasteiger partial charge in [-0.15, -0.1) is 0 Å². The SMILES string of the molecule is CCn1c(N)c(NCC(C)(C)C(C)C)c(=O)[nH]c1=O. The lowest BCUT2D eigenvalue weighted by Crippen LogP contribution is -2.36. The van der Waals surface area contributed by atoms with Crippen LogP contribution in [0.4, 0.5) is 11.5 Å². The molecule has 0 bridgehead atoms. The molecule has 0 aliphatic heterocycles. The average molecular weight is 268 g/mol. The van der Waals surface area contributed by atoms with E-state index in [-0.39, 0.29) is 16.9 Å². The fraction of sp³-hybridized carbons (Fsp3) is 0.692. The zero-order valence-electron chi connectivity index (χ0n) is 12.3. The number of hydrogen-bond donors (Lipinski definition) is 3. The van der Waals surface area contributed by atoms with Crippen LogP contribution in [0, 0.1) is 11.3 Å². The minimum Gasteiger partial charge on any atom is -0.383 e. The number of anilines is 2. The summed E-state index contributed by atoms with van der Waals surface area (Å²) in [6, 6.07) is 0. The Balaban J connectivity index is 3.10. The molecule has 0 aliphatic rings. The van der Waals surface area contributed by atoms with Gasteiger partial charge in [0, 0.05) is 13.1 Å². The van der Waals surface area contributed by atoms with Gasteiger partial charge in [0.05, 0.1) is 0 Å². The predicted molar refractivity (Wildman–Crippen MR) is 78.5 cm³/mol. The first kappa shape index (κ1) is 15.3. The number of aromatic nitrogens is 2. The summed E-state index contributed by atoms with van der Waals surface area (Å²) < 4.78 is 1.34. The van der Waals surface area contributed by atoms with Gasteiger partial charge in [-0.1, -0.05) is 27.7 Å². The summed E-state index contributed by atoms with van der Waals surface area (Å²) in [5.74, 6) is 0.646. The largest absolute Gasteiger partial charge is 0.383 e. The maximum absolute atomic E-state index is 11.8. The Morgan fingerprint density at radius 2 is 1.95 bits per heavy atom. The van der Waals surface area contributed by atoms with Crippen LogP contribution in [-0.4, -0.2) is 16.1 Å². The van der Waals surface area contributed by atoms with E-state index >= 15 is 0 Å². The lowest BCUT2D eigenvalue weighted by atomic mass is 9.81. The van der Waals surface area contributed by atoms with Crippen molar-refractivity contribution in [1.29, 1.82) is 0 Å². The Morgan fingerprint density at radius 3 is 2.42 bits per heavy atom. The van der Waals surface area contributed by atoms with E-state index in [1.807, 2.05) is 0 Å². The topological polar surface area (TPSA) is 92.9 Å². The van der Waals surface area contributed by atoms with E-state index in [4.69, 9.17) is 5.73 Å². The first-order chi connectivity index (χ1) is 8.70. The molecule has 0 unspecified atom stereocenters. The first-order valence-corrected chi connectivity index (χ1v) is 6.57. The normalized spacial score (nSPS) is 11.9. The van der Waals surface area contributed by atoms with E-state index in [1.165, 1.54) is 4.57 Å². The van der Waals surface area contributed by atoms with Crippen LogP contribution in [0.25, 0.3) is 0 Å². The molecule has 6 nitrogen and oxygen atoms in total. The fourth-order valence-electron chi connectivity index (χ4n) is 1.59. The van der Waals surface area contributed by atoms with Gasteiger partial charge in [0.25, 0.3) is 5.56 Å². The van der Waals surface area contributed by atoms with Crippen molar-refractivity contribution in [2.75, 3.05) is 17.6 Å². The molecule has 0 aromatic carbocycles. The second kappa shape index (κ2) is 5.50. The average Bonchev–Trinajstić information content (AvgIpc) is 2.28. The fourth-order valence-corrected chi connectivity index (χ4v) is 1.59. The predicted octanol–water partition coefficient (Wildman–Crippen LogP) is 1.23. The molecule has 0 amide bonds. The molecule has 0 saturated heterocycles. The van der Waals surface area contributed by atoms with Crippen LogP contribution >= 0.6 is 0 Å². The first-order valence-electron chi connectivity index (χ1n) is 6.57. The summed E-state index contributed by atoms with van der Waals surface area (Å²) in [4.78, 5) is 25.6. The van der Waals surface area contributed by atoms with Gasteiger partial charge in [-0.25, -0.2) is 4.79 Å². The molecule has 1 aromatic rings. The van der Waals surface area contributed by atoms with Crippen molar-refractivity contribution in [3.05, 3.63) is 20.8 Å². The lowest BCUT2D eigenvalue weighted by Gasteiger charge is -2.30. The third-order valence-electron chi connectivity index (χ3n) is 3.84. The highest BCUT2D eigenvalue weighted by molar-refractivity contribution is 5.60. The van der Waals surface area contributed by atoms with Crippen LogP contribution in [-0.2, 0) is 6.54 Å². The number of H-pyrrole nitrogens is 1. The van der Waals surface area contributed by atoms with Gasteiger partial charge in [-0.3, -0.25) is 14.3 Å². The van der Waals surface area contributed by atoms with Crippen LogP contribution < -0.4 is 22.3 Å². The molecule has 1 heterocycles. The number of nitrogens with two attached hydrogens (primary N) is 1. The molecular formula is C13H24N4O2. The van der Waals surface area contributed by atoms with E-state index in [9.17, 15) is 9.59 Å². The quantitative estimate of drug-likeness (QED) is 0.749. The highest BCUT2D eigenvalue weighted by atomic mass is 16.2. The lowest BCUT2D eigenvalue weighted by molar-refractivity contribution is 0.269. The third-order valence-corrected chi connectivity index (χ3v) is 3.84. The van der Waals surface area contributed by atoms with Crippen molar-refractivity contribution in [2.45, 2.75) is 41.2 Å². The molecule has 1 rings (SSSR count). The van der Waals surface area contributed by atoms with Gasteiger partial charge in [-0.05, 0) is 18.3 Å². The van der Waals surface area contributed by atoms with Crippen LogP contribution in [0.2, 0.25) is 0 Å². The standard InChI is InChI=1S/C13H24N4O2/c1-6-17-10(14)9(11(18)16-12(17)19)15-7-13(4,5)8(2)3/h8,15H,6-7,14H2,1-5H3,(H,16,18,19). The maximum Gasteiger partial charge on any atom is 0.330 e. The number of nitrogens with zero attached hydrogens (tertiary/aromatic N) is 1. The van der Waals surface area contributed by atoms with Crippen LogP contribution in [0.15, 0.2) is 9.59 Å². The third kappa shape index (κ3) is 3.19. The minimum atomic E-state index is -0.473. The van der Waals surface area contributed by atoms with Crippen molar-refractivity contribution < 1.29 is 0 Å². The van der Waals surface area contributed by atoms with Crippen LogP contribution in [0.3, 0.4) is 0 Å². The van der Waals surface area contributed by atoms with E-state index in [2.05, 4.69) is 38.0 Å². The summed E-state index contributed by atoms with van der Waals surface area (Å²) in [5, 5.41) is 3.08. The number of nitrogen functional groups attached to an aromatic ring is 1. The molecule has 108 valence electrons. The van der Waals surface area contributed by atoms with Gasteiger partial charge in [-0.2, -0.15) is 0 Å². The Labute approximate surface area is 113 Å². The molecule has 0 radical (unpaired) electrons. The monoisotopic (exact) mass is 268 g/mol. The summed E-state index contributed by atoms with van der Waals surface area (Å²) in [5.41, 5.74) is 5.24. The highest BCUT2D eigenvalue weighted by Crippen LogP contribution is 2.26. The number of nitrogens with one attached hydrogen (secondary N) is 2. The zero-order chi connectivity index (χ0) is 14.8. The molecule has 4 N–H and O–H groups in total. The summed E-state index contributed by atoms with van der Waals surface area (Å²) in [6.45, 7) is 11.3. The van der Waals surface area contributed by atoms with Crippen molar-refractivity contribution in [3.8, 4) is 0 Å². The smallest absolute Gasteiger partial charge is 0.330 e. The van der Waals surface area contributed by atoms with Gasteiger partial charge >= 0.3 is 5.69 Å². The molecule has 0 aliphatic carbocycles. The van der Waals surface area contributed by atoms with Crippen molar-refractivity contribution in [1.82, 2.24) is 9.55 Å². The molecule has 1 aromatic heterocycles. The number of rotatable bonds is 5. The van der Waals surface area contributed by atoms with Crippen LogP contribution in [0.5, 0.6) is 0 Å². The van der Waals surface area contributed by atoms with Gasteiger partial charge < -0.3 is 11.1 Å². The van der Waals surface area contributed by atoms with Crippen LogP contribution in [0.1, 0.15) is 34.6 Å². The van der Waals surface area contributed by atoms with Crippen molar-refractivity contribution in [2.24, 2.45) is 11.3 Å². The molecule has 0 fully saturated rings. The highest BCUT2D eigenvalue weighted by Gasteiger charge is 2.23. The molecular weight excluding hydrogens is 244 g/mol. The van der Waals surface area contributed by atoms with Gasteiger partial charge in [0.15, 0.2) is 0 Å². The van der Waals surface area contributed by atoms with Crippen molar-refractivity contribution >= 4 is 11.5 Å². The molecule has 0 atom stereocenters.